The van der Waals surface area contributed by atoms with E-state index in [1.807, 2.05) is 0 Å². The molecule has 1 aromatic rings. The number of nitrogens with one attached hydrogen (secondary N) is 1. The molecule has 1 fully saturated rings. The SMILES string of the molecule is COC(=O)C1(NC(=O)c2cc(OC)c(OC)cc2I)CCCCC1. The highest BCUT2D eigenvalue weighted by Gasteiger charge is 2.42. The Bertz CT molecular complexity index is 626. The number of esters is 1. The zero-order chi connectivity index (χ0) is 17.7. The van der Waals surface area contributed by atoms with E-state index in [-0.39, 0.29) is 11.9 Å². The summed E-state index contributed by atoms with van der Waals surface area (Å²) in [5, 5.41) is 2.91. The highest BCUT2D eigenvalue weighted by Crippen LogP contribution is 2.33. The maximum absolute atomic E-state index is 12.8. The zero-order valence-electron chi connectivity index (χ0n) is 14.1. The summed E-state index contributed by atoms with van der Waals surface area (Å²) in [7, 11) is 4.41. The van der Waals surface area contributed by atoms with Crippen LogP contribution >= 0.6 is 22.6 Å². The van der Waals surface area contributed by atoms with Crippen LogP contribution in [0.4, 0.5) is 0 Å². The van der Waals surface area contributed by atoms with Crippen LogP contribution in [0.5, 0.6) is 11.5 Å². The number of halogens is 1. The lowest BCUT2D eigenvalue weighted by molar-refractivity contribution is -0.149. The number of hydrogen-bond acceptors (Lipinski definition) is 5. The van der Waals surface area contributed by atoms with Crippen molar-refractivity contribution in [1.82, 2.24) is 5.32 Å². The summed E-state index contributed by atoms with van der Waals surface area (Å²) in [5.41, 5.74) is -0.498. The van der Waals surface area contributed by atoms with Crippen molar-refractivity contribution < 1.29 is 23.8 Å². The second-order valence-corrected chi connectivity index (χ2v) is 6.94. The van der Waals surface area contributed by atoms with E-state index in [0.29, 0.717) is 29.9 Å². The molecule has 0 radical (unpaired) electrons. The zero-order valence-corrected chi connectivity index (χ0v) is 16.3. The fraction of sp³-hybridized carbons (Fsp3) is 0.529. The minimum atomic E-state index is -0.944. The molecule has 0 aromatic heterocycles. The standard InChI is InChI=1S/C17H22INO5/c1-22-13-9-11(12(18)10-14(13)23-2)15(20)19-17(16(21)24-3)7-5-4-6-8-17/h9-10H,4-8H2,1-3H3,(H,19,20). The smallest absolute Gasteiger partial charge is 0.331 e. The Morgan fingerprint density at radius 3 is 2.17 bits per heavy atom. The molecule has 1 N–H and O–H groups in total. The second-order valence-electron chi connectivity index (χ2n) is 5.78. The van der Waals surface area contributed by atoms with Crippen molar-refractivity contribution in [2.24, 2.45) is 0 Å². The number of carbonyl (C=O) groups is 2. The highest BCUT2D eigenvalue weighted by atomic mass is 127. The average Bonchev–Trinajstić information content (AvgIpc) is 2.61. The summed E-state index contributed by atoms with van der Waals surface area (Å²) < 4.78 is 16.2. The van der Waals surface area contributed by atoms with Gasteiger partial charge in [0.1, 0.15) is 5.54 Å². The molecular weight excluding hydrogens is 425 g/mol. The molecule has 0 saturated heterocycles. The Balaban J connectivity index is 2.32. The van der Waals surface area contributed by atoms with Gasteiger partial charge in [-0.3, -0.25) is 4.79 Å². The minimum Gasteiger partial charge on any atom is -0.493 e. The topological polar surface area (TPSA) is 73.9 Å². The van der Waals surface area contributed by atoms with Gasteiger partial charge in [0.2, 0.25) is 0 Å². The first-order chi connectivity index (χ1) is 11.5. The molecule has 0 atom stereocenters. The number of benzene rings is 1. The maximum atomic E-state index is 12.8. The van der Waals surface area contributed by atoms with Gasteiger partial charge in [-0.2, -0.15) is 0 Å². The van der Waals surface area contributed by atoms with Gasteiger partial charge in [0.25, 0.3) is 5.91 Å². The highest BCUT2D eigenvalue weighted by molar-refractivity contribution is 14.1. The van der Waals surface area contributed by atoms with E-state index in [1.54, 1.807) is 19.2 Å². The molecule has 6 nitrogen and oxygen atoms in total. The third kappa shape index (κ3) is 3.76. The molecule has 0 aliphatic heterocycles. The van der Waals surface area contributed by atoms with E-state index in [0.717, 1.165) is 22.8 Å². The van der Waals surface area contributed by atoms with Gasteiger partial charge in [-0.25, -0.2) is 4.79 Å². The molecule has 132 valence electrons. The van der Waals surface area contributed by atoms with Gasteiger partial charge < -0.3 is 19.5 Å². The third-order valence-electron chi connectivity index (χ3n) is 4.35. The Morgan fingerprint density at radius 1 is 1.04 bits per heavy atom. The molecule has 1 saturated carbocycles. The molecule has 1 amide bonds. The number of ether oxygens (including phenoxy) is 3. The van der Waals surface area contributed by atoms with Crippen molar-refractivity contribution in [2.75, 3.05) is 21.3 Å². The van der Waals surface area contributed by atoms with Gasteiger partial charge in [0.15, 0.2) is 11.5 Å². The lowest BCUT2D eigenvalue weighted by Gasteiger charge is -2.35. The molecule has 7 heteroatoms. The van der Waals surface area contributed by atoms with E-state index in [1.165, 1.54) is 14.2 Å². The average molecular weight is 447 g/mol. The van der Waals surface area contributed by atoms with Gasteiger partial charge in [-0.15, -0.1) is 0 Å². The molecule has 1 aliphatic carbocycles. The predicted molar refractivity (Wildman–Crippen MR) is 97.6 cm³/mol. The number of carbonyl (C=O) groups excluding carboxylic acids is 2. The summed E-state index contributed by atoms with van der Waals surface area (Å²) in [5.74, 6) is 0.330. The summed E-state index contributed by atoms with van der Waals surface area (Å²) in [6.45, 7) is 0. The summed E-state index contributed by atoms with van der Waals surface area (Å²) in [6, 6.07) is 3.36. The summed E-state index contributed by atoms with van der Waals surface area (Å²) in [6.07, 6.45) is 4.02. The summed E-state index contributed by atoms with van der Waals surface area (Å²) >= 11 is 2.07. The van der Waals surface area contributed by atoms with Gasteiger partial charge in [-0.1, -0.05) is 19.3 Å². The Hall–Kier alpha value is -1.51. The number of methoxy groups -OCH3 is 3. The first-order valence-corrected chi connectivity index (χ1v) is 8.87. The van der Waals surface area contributed by atoms with E-state index in [2.05, 4.69) is 27.9 Å². The van der Waals surface area contributed by atoms with Crippen LogP contribution in [0.15, 0.2) is 12.1 Å². The van der Waals surface area contributed by atoms with Crippen molar-refractivity contribution >= 4 is 34.5 Å². The quantitative estimate of drug-likeness (QED) is 0.555. The van der Waals surface area contributed by atoms with Crippen molar-refractivity contribution in [3.63, 3.8) is 0 Å². The first kappa shape index (κ1) is 18.8. The summed E-state index contributed by atoms with van der Waals surface area (Å²) in [4.78, 5) is 25.1. The van der Waals surface area contributed by atoms with Crippen molar-refractivity contribution in [1.29, 1.82) is 0 Å². The predicted octanol–water partition coefficient (Wildman–Crippen LogP) is 2.91. The molecule has 0 unspecified atom stereocenters. The van der Waals surface area contributed by atoms with Crippen LogP contribution in [0.1, 0.15) is 42.5 Å². The Kier molecular flexibility index (Phi) is 6.31. The van der Waals surface area contributed by atoms with Crippen LogP contribution in [0, 0.1) is 3.57 Å². The second kappa shape index (κ2) is 8.04. The van der Waals surface area contributed by atoms with Crippen LogP contribution in [0.3, 0.4) is 0 Å². The first-order valence-electron chi connectivity index (χ1n) is 7.80. The van der Waals surface area contributed by atoms with Crippen molar-refractivity contribution in [2.45, 2.75) is 37.6 Å². The van der Waals surface area contributed by atoms with Crippen LogP contribution in [-0.2, 0) is 9.53 Å². The van der Waals surface area contributed by atoms with E-state index in [4.69, 9.17) is 14.2 Å². The van der Waals surface area contributed by atoms with Crippen LogP contribution < -0.4 is 14.8 Å². The maximum Gasteiger partial charge on any atom is 0.331 e. The molecule has 0 spiro atoms. The Labute approximate surface area is 155 Å². The van der Waals surface area contributed by atoms with Crippen LogP contribution in [-0.4, -0.2) is 38.7 Å². The molecule has 2 rings (SSSR count). The Morgan fingerprint density at radius 2 is 1.62 bits per heavy atom. The minimum absolute atomic E-state index is 0.312. The van der Waals surface area contributed by atoms with Crippen LogP contribution in [0.25, 0.3) is 0 Å². The van der Waals surface area contributed by atoms with Gasteiger partial charge in [0, 0.05) is 3.57 Å². The number of rotatable bonds is 5. The molecule has 24 heavy (non-hydrogen) atoms. The molecule has 0 heterocycles. The monoisotopic (exact) mass is 447 g/mol. The lowest BCUT2D eigenvalue weighted by Crippen LogP contribution is -2.56. The van der Waals surface area contributed by atoms with Crippen LogP contribution in [0.2, 0.25) is 0 Å². The van der Waals surface area contributed by atoms with Gasteiger partial charge in [0.05, 0.1) is 26.9 Å². The van der Waals surface area contributed by atoms with Crippen molar-refractivity contribution in [3.05, 3.63) is 21.3 Å². The van der Waals surface area contributed by atoms with E-state index < -0.39 is 5.54 Å². The van der Waals surface area contributed by atoms with Crippen molar-refractivity contribution in [3.8, 4) is 11.5 Å². The normalized spacial score (nSPS) is 16.2. The molecule has 1 aliphatic rings. The molecule has 0 bridgehead atoms. The fourth-order valence-corrected chi connectivity index (χ4v) is 3.73. The van der Waals surface area contributed by atoms with E-state index in [9.17, 15) is 9.59 Å². The van der Waals surface area contributed by atoms with Gasteiger partial charge in [-0.05, 0) is 47.6 Å². The molecule has 1 aromatic carbocycles. The van der Waals surface area contributed by atoms with E-state index >= 15 is 0 Å². The van der Waals surface area contributed by atoms with Gasteiger partial charge >= 0.3 is 5.97 Å². The largest absolute Gasteiger partial charge is 0.493 e. The number of hydrogen-bond donors (Lipinski definition) is 1. The fourth-order valence-electron chi connectivity index (χ4n) is 3.04. The lowest BCUT2D eigenvalue weighted by atomic mass is 9.81. The molecular formula is C17H22INO5. The third-order valence-corrected chi connectivity index (χ3v) is 5.25. The number of amides is 1.